The van der Waals surface area contributed by atoms with Gasteiger partial charge in [0.25, 0.3) is 0 Å². The molecule has 0 saturated heterocycles. The van der Waals surface area contributed by atoms with E-state index >= 15 is 0 Å². The lowest BCUT2D eigenvalue weighted by Crippen LogP contribution is -2.12. The molecule has 0 fully saturated rings. The van der Waals surface area contributed by atoms with Gasteiger partial charge in [-0.25, -0.2) is 4.98 Å². The van der Waals surface area contributed by atoms with Crippen LogP contribution in [0.1, 0.15) is 30.3 Å². The fraction of sp³-hybridized carbons (Fsp3) is 0.500. The Morgan fingerprint density at radius 3 is 2.47 bits per heavy atom. The predicted octanol–water partition coefficient (Wildman–Crippen LogP) is 2.07. The molecular weight excluding hydrogens is 212 g/mol. The summed E-state index contributed by atoms with van der Waals surface area (Å²) in [5.41, 5.74) is 0.932. The average Bonchev–Trinajstić information content (AvgIpc) is 2.42. The largest absolute Gasteiger partial charge is 0.302 e. The van der Waals surface area contributed by atoms with Crippen molar-refractivity contribution in [3.63, 3.8) is 0 Å². The molecule has 0 aliphatic rings. The molecule has 5 heteroatoms. The first-order valence-corrected chi connectivity index (χ1v) is 5.54. The van der Waals surface area contributed by atoms with E-state index in [4.69, 9.17) is 0 Å². The number of Topliss-reactive ketones (excluding diaryl/α,β-unsaturated/α-hetero) is 1. The second-order valence-corrected chi connectivity index (χ2v) is 4.61. The van der Waals surface area contributed by atoms with Gasteiger partial charge >= 0.3 is 0 Å². The molecule has 0 bridgehead atoms. The Bertz CT molecular complexity index is 365. The van der Waals surface area contributed by atoms with Gasteiger partial charge in [0.15, 0.2) is 5.13 Å². The zero-order valence-corrected chi connectivity index (χ0v) is 9.90. The molecule has 0 spiro atoms. The highest BCUT2D eigenvalue weighted by molar-refractivity contribution is 7.15. The zero-order chi connectivity index (χ0) is 11.4. The van der Waals surface area contributed by atoms with Crippen LogP contribution in [0.2, 0.25) is 0 Å². The van der Waals surface area contributed by atoms with E-state index in [2.05, 4.69) is 10.3 Å². The summed E-state index contributed by atoms with van der Waals surface area (Å²) in [4.78, 5) is 27.3. The van der Waals surface area contributed by atoms with Gasteiger partial charge in [0.05, 0.1) is 5.69 Å². The van der Waals surface area contributed by atoms with E-state index in [1.807, 2.05) is 13.8 Å². The highest BCUT2D eigenvalue weighted by Crippen LogP contribution is 2.21. The SMILES string of the molecule is CC(=O)CCC(=O)Nc1nc(C)c(C)s1. The summed E-state index contributed by atoms with van der Waals surface area (Å²) in [6.45, 7) is 5.33. The third-order valence-corrected chi connectivity index (χ3v) is 2.97. The standard InChI is InChI=1S/C10H14N2O2S/c1-6(13)4-5-9(14)12-10-11-7(2)8(3)15-10/h4-5H2,1-3H3,(H,11,12,14). The lowest BCUT2D eigenvalue weighted by Gasteiger charge is -1.98. The van der Waals surface area contributed by atoms with Crippen molar-refractivity contribution in [3.05, 3.63) is 10.6 Å². The number of nitrogens with zero attached hydrogens (tertiary/aromatic N) is 1. The van der Waals surface area contributed by atoms with Crippen molar-refractivity contribution in [2.45, 2.75) is 33.6 Å². The summed E-state index contributed by atoms with van der Waals surface area (Å²) in [5, 5.41) is 3.28. The number of carbonyl (C=O) groups is 2. The molecule has 0 aliphatic carbocycles. The monoisotopic (exact) mass is 226 g/mol. The number of anilines is 1. The van der Waals surface area contributed by atoms with E-state index in [9.17, 15) is 9.59 Å². The smallest absolute Gasteiger partial charge is 0.226 e. The first kappa shape index (κ1) is 11.8. The Hall–Kier alpha value is -1.23. The Morgan fingerprint density at radius 1 is 1.33 bits per heavy atom. The topological polar surface area (TPSA) is 59.1 Å². The summed E-state index contributed by atoms with van der Waals surface area (Å²) in [7, 11) is 0. The Kier molecular flexibility index (Phi) is 3.96. The van der Waals surface area contributed by atoms with Crippen molar-refractivity contribution >= 4 is 28.2 Å². The van der Waals surface area contributed by atoms with Crippen molar-refractivity contribution in [1.82, 2.24) is 4.98 Å². The van der Waals surface area contributed by atoms with Crippen LogP contribution >= 0.6 is 11.3 Å². The maximum absolute atomic E-state index is 11.3. The van der Waals surface area contributed by atoms with Crippen LogP contribution < -0.4 is 5.32 Å². The number of nitrogens with one attached hydrogen (secondary N) is 1. The van der Waals surface area contributed by atoms with Gasteiger partial charge in [-0.3, -0.25) is 4.79 Å². The number of amides is 1. The molecule has 1 N–H and O–H groups in total. The van der Waals surface area contributed by atoms with Crippen LogP contribution in [0, 0.1) is 13.8 Å². The fourth-order valence-corrected chi connectivity index (χ4v) is 1.83. The normalized spacial score (nSPS) is 10.1. The number of thiazole rings is 1. The quantitative estimate of drug-likeness (QED) is 0.855. The molecule has 0 saturated carbocycles. The van der Waals surface area contributed by atoms with Crippen molar-refractivity contribution < 1.29 is 9.59 Å². The van der Waals surface area contributed by atoms with Crippen LogP contribution in [0.3, 0.4) is 0 Å². The van der Waals surface area contributed by atoms with Crippen LogP contribution in [-0.4, -0.2) is 16.7 Å². The van der Waals surface area contributed by atoms with Gasteiger partial charge in [0.1, 0.15) is 5.78 Å². The molecular formula is C10H14N2O2S. The third kappa shape index (κ3) is 3.79. The lowest BCUT2D eigenvalue weighted by atomic mass is 10.2. The van der Waals surface area contributed by atoms with Gasteiger partial charge in [-0.2, -0.15) is 0 Å². The van der Waals surface area contributed by atoms with Crippen LogP contribution in [0.25, 0.3) is 0 Å². The van der Waals surface area contributed by atoms with Gasteiger partial charge < -0.3 is 10.1 Å². The maximum Gasteiger partial charge on any atom is 0.226 e. The first-order valence-electron chi connectivity index (χ1n) is 4.72. The molecule has 0 unspecified atom stereocenters. The number of hydrogen-bond acceptors (Lipinski definition) is 4. The zero-order valence-electron chi connectivity index (χ0n) is 9.09. The average molecular weight is 226 g/mol. The van der Waals surface area contributed by atoms with Crippen LogP contribution in [0.15, 0.2) is 0 Å². The number of hydrogen-bond donors (Lipinski definition) is 1. The van der Waals surface area contributed by atoms with Crippen molar-refractivity contribution in [1.29, 1.82) is 0 Å². The molecule has 4 nitrogen and oxygen atoms in total. The summed E-state index contributed by atoms with van der Waals surface area (Å²) < 4.78 is 0. The van der Waals surface area contributed by atoms with E-state index < -0.39 is 0 Å². The Balaban J connectivity index is 2.48. The van der Waals surface area contributed by atoms with Crippen molar-refractivity contribution in [3.8, 4) is 0 Å². The van der Waals surface area contributed by atoms with Gasteiger partial charge in [0.2, 0.25) is 5.91 Å². The molecule has 1 amide bonds. The van der Waals surface area contributed by atoms with Crippen molar-refractivity contribution in [2.75, 3.05) is 5.32 Å². The van der Waals surface area contributed by atoms with Crippen LogP contribution in [-0.2, 0) is 9.59 Å². The molecule has 0 atom stereocenters. The van der Waals surface area contributed by atoms with Gasteiger partial charge in [-0.1, -0.05) is 0 Å². The molecule has 1 rings (SSSR count). The molecule has 15 heavy (non-hydrogen) atoms. The Labute approximate surface area is 92.7 Å². The van der Waals surface area contributed by atoms with E-state index in [1.165, 1.54) is 18.3 Å². The summed E-state index contributed by atoms with van der Waals surface area (Å²) in [5.74, 6) is -0.129. The molecule has 1 aromatic rings. The molecule has 82 valence electrons. The summed E-state index contributed by atoms with van der Waals surface area (Å²) in [6, 6.07) is 0. The number of aryl methyl sites for hydroxylation is 2. The van der Waals surface area contributed by atoms with Gasteiger partial charge in [-0.15, -0.1) is 11.3 Å². The molecule has 1 aromatic heterocycles. The summed E-state index contributed by atoms with van der Waals surface area (Å²) in [6.07, 6.45) is 0.516. The van der Waals surface area contributed by atoms with Crippen LogP contribution in [0.5, 0.6) is 0 Å². The second kappa shape index (κ2) is 5.02. The molecule has 1 heterocycles. The van der Waals surface area contributed by atoms with Gasteiger partial charge in [0, 0.05) is 17.7 Å². The van der Waals surface area contributed by atoms with E-state index in [1.54, 1.807) is 0 Å². The Morgan fingerprint density at radius 2 is 2.00 bits per heavy atom. The predicted molar refractivity (Wildman–Crippen MR) is 60.1 cm³/mol. The lowest BCUT2D eigenvalue weighted by molar-refractivity contribution is -0.121. The number of rotatable bonds is 4. The first-order chi connectivity index (χ1) is 6.99. The molecule has 0 aliphatic heterocycles. The minimum absolute atomic E-state index is 0.0247. The van der Waals surface area contributed by atoms with Gasteiger partial charge in [-0.05, 0) is 20.8 Å². The minimum Gasteiger partial charge on any atom is -0.302 e. The fourth-order valence-electron chi connectivity index (χ4n) is 0.998. The number of aromatic nitrogens is 1. The van der Waals surface area contributed by atoms with Crippen molar-refractivity contribution in [2.24, 2.45) is 0 Å². The number of carbonyl (C=O) groups excluding carboxylic acids is 2. The van der Waals surface area contributed by atoms with E-state index in [-0.39, 0.29) is 24.5 Å². The number of ketones is 1. The highest BCUT2D eigenvalue weighted by atomic mass is 32.1. The maximum atomic E-state index is 11.3. The van der Waals surface area contributed by atoms with Crippen LogP contribution in [0.4, 0.5) is 5.13 Å². The molecule has 0 aromatic carbocycles. The van der Waals surface area contributed by atoms with E-state index in [0.717, 1.165) is 10.6 Å². The molecule has 0 radical (unpaired) electrons. The third-order valence-electron chi connectivity index (χ3n) is 1.98. The highest BCUT2D eigenvalue weighted by Gasteiger charge is 2.08. The van der Waals surface area contributed by atoms with E-state index in [0.29, 0.717) is 5.13 Å². The minimum atomic E-state index is -0.154. The summed E-state index contributed by atoms with van der Waals surface area (Å²) >= 11 is 1.45. The second-order valence-electron chi connectivity index (χ2n) is 3.41.